The number of nitrogens with one attached hydrogen (secondary N) is 1. The van der Waals surface area contributed by atoms with E-state index >= 15 is 0 Å². The second kappa shape index (κ2) is 8.75. The molecule has 28 heavy (non-hydrogen) atoms. The Morgan fingerprint density at radius 1 is 1.18 bits per heavy atom. The first-order valence-electron chi connectivity index (χ1n) is 8.69. The number of amides is 1. The Labute approximate surface area is 167 Å². The van der Waals surface area contributed by atoms with E-state index in [1.165, 1.54) is 0 Å². The summed E-state index contributed by atoms with van der Waals surface area (Å²) in [4.78, 5) is 29.2. The van der Waals surface area contributed by atoms with Gasteiger partial charge in [0.2, 0.25) is 5.91 Å². The second-order valence-corrected chi connectivity index (χ2v) is 7.29. The summed E-state index contributed by atoms with van der Waals surface area (Å²) in [5.74, 6) is 0.517. The van der Waals surface area contributed by atoms with Crippen LogP contribution in [0.1, 0.15) is 11.1 Å². The van der Waals surface area contributed by atoms with Crippen molar-refractivity contribution in [2.75, 3.05) is 18.2 Å². The maximum Gasteiger partial charge on any atom is 0.287 e. The molecule has 0 atom stereocenters. The number of nitrogens with zero attached hydrogens (tertiary/aromatic N) is 2. The van der Waals surface area contributed by atoms with Gasteiger partial charge in [-0.15, -0.1) is 0 Å². The van der Waals surface area contributed by atoms with Crippen LogP contribution in [0.25, 0.3) is 5.69 Å². The van der Waals surface area contributed by atoms with Gasteiger partial charge >= 0.3 is 0 Å². The van der Waals surface area contributed by atoms with Gasteiger partial charge in [0.15, 0.2) is 5.03 Å². The van der Waals surface area contributed by atoms with Crippen LogP contribution in [0.5, 0.6) is 5.75 Å². The Balaban J connectivity index is 1.72. The van der Waals surface area contributed by atoms with E-state index < -0.39 is 0 Å². The first-order chi connectivity index (χ1) is 13.5. The minimum absolute atomic E-state index is 0.0797. The summed E-state index contributed by atoms with van der Waals surface area (Å²) in [5, 5.41) is 3.07. The van der Waals surface area contributed by atoms with Crippen LogP contribution in [0, 0.1) is 13.8 Å². The number of ether oxygens (including phenoxy) is 1. The van der Waals surface area contributed by atoms with Gasteiger partial charge in [0.1, 0.15) is 5.75 Å². The fourth-order valence-electron chi connectivity index (χ4n) is 2.82. The van der Waals surface area contributed by atoms with Gasteiger partial charge in [0.05, 0.1) is 12.9 Å². The number of aromatic nitrogens is 2. The molecule has 0 unspecified atom stereocenters. The van der Waals surface area contributed by atoms with E-state index in [1.807, 2.05) is 32.0 Å². The van der Waals surface area contributed by atoms with Crippen molar-refractivity contribution in [2.24, 2.45) is 0 Å². The largest absolute Gasteiger partial charge is 0.497 e. The number of hydrogen-bond acceptors (Lipinski definition) is 5. The highest BCUT2D eigenvalue weighted by atomic mass is 32.2. The maximum absolute atomic E-state index is 12.8. The molecule has 0 saturated heterocycles. The molecule has 1 aromatic heterocycles. The number of anilines is 1. The van der Waals surface area contributed by atoms with Gasteiger partial charge in [0, 0.05) is 29.8 Å². The molecule has 0 radical (unpaired) electrons. The molecule has 0 bridgehead atoms. The molecule has 0 saturated carbocycles. The van der Waals surface area contributed by atoms with Gasteiger partial charge in [-0.05, 0) is 49.2 Å². The lowest BCUT2D eigenvalue weighted by molar-refractivity contribution is -0.113. The molecule has 1 amide bonds. The van der Waals surface area contributed by atoms with E-state index in [2.05, 4.69) is 10.3 Å². The SMILES string of the molecule is COc1cccc(NC(=O)CSc2nccn(-c3cc(C)cc(C)c3)c2=O)c1. The normalized spacial score (nSPS) is 10.5. The third-order valence-electron chi connectivity index (χ3n) is 3.99. The molecular formula is C21H21N3O3S. The highest BCUT2D eigenvalue weighted by Crippen LogP contribution is 2.18. The molecule has 0 aliphatic heterocycles. The van der Waals surface area contributed by atoms with Gasteiger partial charge in [-0.1, -0.05) is 23.9 Å². The predicted octanol–water partition coefficient (Wildman–Crippen LogP) is 3.59. The molecule has 3 aromatic rings. The molecule has 6 nitrogen and oxygen atoms in total. The molecule has 144 valence electrons. The highest BCUT2D eigenvalue weighted by molar-refractivity contribution is 7.99. The topological polar surface area (TPSA) is 73.2 Å². The van der Waals surface area contributed by atoms with E-state index in [0.717, 1.165) is 28.6 Å². The van der Waals surface area contributed by atoms with Crippen molar-refractivity contribution in [1.29, 1.82) is 0 Å². The monoisotopic (exact) mass is 395 g/mol. The van der Waals surface area contributed by atoms with E-state index in [1.54, 1.807) is 48.3 Å². The average Bonchev–Trinajstić information content (AvgIpc) is 2.66. The second-order valence-electron chi connectivity index (χ2n) is 6.32. The fraction of sp³-hybridized carbons (Fsp3) is 0.190. The van der Waals surface area contributed by atoms with Crippen LogP contribution >= 0.6 is 11.8 Å². The Morgan fingerprint density at radius 2 is 1.93 bits per heavy atom. The van der Waals surface area contributed by atoms with Crippen molar-refractivity contribution < 1.29 is 9.53 Å². The Bertz CT molecular complexity index is 1040. The molecule has 0 fully saturated rings. The molecule has 0 aliphatic carbocycles. The number of carbonyl (C=O) groups excluding carboxylic acids is 1. The summed E-state index contributed by atoms with van der Waals surface area (Å²) in [6.45, 7) is 3.97. The van der Waals surface area contributed by atoms with E-state index in [4.69, 9.17) is 4.74 Å². The van der Waals surface area contributed by atoms with E-state index in [0.29, 0.717) is 11.4 Å². The van der Waals surface area contributed by atoms with E-state index in [-0.39, 0.29) is 22.2 Å². The Morgan fingerprint density at radius 3 is 2.64 bits per heavy atom. The van der Waals surface area contributed by atoms with Crippen molar-refractivity contribution in [3.63, 3.8) is 0 Å². The lowest BCUT2D eigenvalue weighted by Crippen LogP contribution is -2.22. The van der Waals surface area contributed by atoms with Crippen LogP contribution in [0.4, 0.5) is 5.69 Å². The van der Waals surface area contributed by atoms with Crippen LogP contribution in [-0.4, -0.2) is 28.3 Å². The van der Waals surface area contributed by atoms with Gasteiger partial charge in [-0.2, -0.15) is 0 Å². The molecule has 0 spiro atoms. The molecule has 3 rings (SSSR count). The third kappa shape index (κ3) is 4.80. The zero-order valence-electron chi connectivity index (χ0n) is 15.9. The third-order valence-corrected chi connectivity index (χ3v) is 4.95. The summed E-state index contributed by atoms with van der Waals surface area (Å²) < 4.78 is 6.69. The average molecular weight is 395 g/mol. The first-order valence-corrected chi connectivity index (χ1v) is 9.68. The molecular weight excluding hydrogens is 374 g/mol. The van der Waals surface area contributed by atoms with Gasteiger partial charge in [-0.25, -0.2) is 4.98 Å². The molecule has 7 heteroatoms. The Hall–Kier alpha value is -3.06. The summed E-state index contributed by atoms with van der Waals surface area (Å²) in [6.07, 6.45) is 3.21. The molecule has 0 aliphatic rings. The van der Waals surface area contributed by atoms with Crippen molar-refractivity contribution >= 4 is 23.4 Å². The number of hydrogen-bond donors (Lipinski definition) is 1. The highest BCUT2D eigenvalue weighted by Gasteiger charge is 2.11. The van der Waals surface area contributed by atoms with Gasteiger partial charge < -0.3 is 10.1 Å². The lowest BCUT2D eigenvalue weighted by Gasteiger charge is -2.10. The predicted molar refractivity (Wildman–Crippen MR) is 112 cm³/mol. The number of thioether (sulfide) groups is 1. The van der Waals surface area contributed by atoms with Crippen LogP contribution in [0.15, 0.2) is 64.7 Å². The van der Waals surface area contributed by atoms with E-state index in [9.17, 15) is 9.59 Å². The first kappa shape index (κ1) is 19.7. The number of carbonyl (C=O) groups is 1. The van der Waals surface area contributed by atoms with Crippen LogP contribution in [0.3, 0.4) is 0 Å². The minimum atomic E-state index is -0.244. The number of methoxy groups -OCH3 is 1. The summed E-state index contributed by atoms with van der Waals surface area (Å²) in [5.41, 5.74) is 3.33. The van der Waals surface area contributed by atoms with Crippen molar-refractivity contribution in [3.05, 3.63) is 76.3 Å². The van der Waals surface area contributed by atoms with Crippen molar-refractivity contribution in [3.8, 4) is 11.4 Å². The van der Waals surface area contributed by atoms with Crippen molar-refractivity contribution in [2.45, 2.75) is 18.9 Å². The standard InChI is InChI=1S/C21H21N3O3S/c1-14-9-15(2)11-17(10-14)24-8-7-22-20(21(24)26)28-13-19(25)23-16-5-4-6-18(12-16)27-3/h4-12H,13H2,1-3H3,(H,23,25). The Kier molecular flexibility index (Phi) is 6.16. The smallest absolute Gasteiger partial charge is 0.287 e. The van der Waals surface area contributed by atoms with Gasteiger partial charge in [-0.3, -0.25) is 14.2 Å². The van der Waals surface area contributed by atoms with Crippen molar-refractivity contribution in [1.82, 2.24) is 9.55 Å². The zero-order valence-corrected chi connectivity index (χ0v) is 16.7. The van der Waals surface area contributed by atoms with Gasteiger partial charge in [0.25, 0.3) is 5.56 Å². The molecule has 1 N–H and O–H groups in total. The molecule has 1 heterocycles. The summed E-state index contributed by atoms with van der Waals surface area (Å²) in [7, 11) is 1.57. The summed E-state index contributed by atoms with van der Waals surface area (Å²) >= 11 is 1.11. The number of benzene rings is 2. The lowest BCUT2D eigenvalue weighted by atomic mass is 10.1. The maximum atomic E-state index is 12.8. The number of aryl methyl sites for hydroxylation is 2. The fourth-order valence-corrected chi connectivity index (χ4v) is 3.51. The number of rotatable bonds is 6. The quantitative estimate of drug-likeness (QED) is 0.646. The van der Waals surface area contributed by atoms with Crippen LogP contribution in [0.2, 0.25) is 0 Å². The van der Waals surface area contributed by atoms with Crippen LogP contribution < -0.4 is 15.6 Å². The minimum Gasteiger partial charge on any atom is -0.497 e. The molecule has 2 aromatic carbocycles. The zero-order chi connectivity index (χ0) is 20.1. The summed E-state index contributed by atoms with van der Waals surface area (Å²) in [6, 6.07) is 13.0. The van der Waals surface area contributed by atoms with Crippen LogP contribution in [-0.2, 0) is 4.79 Å².